The van der Waals surface area contributed by atoms with Gasteiger partial charge >= 0.3 is 5.69 Å². The zero-order valence-corrected chi connectivity index (χ0v) is 14.6. The molecule has 0 aliphatic carbocycles. The standard InChI is InChI=1S/C16H23N3O4S/c1-24(22,23)15-6-2-5-14(16(15)19(20)21)18-10-7-12(8-11-18)13-4-3-9-17-13/h2,5-6,12-13,17H,3-4,7-11H2,1H3. The lowest BCUT2D eigenvalue weighted by Crippen LogP contribution is -2.41. The molecule has 1 unspecified atom stereocenters. The van der Waals surface area contributed by atoms with Crippen molar-refractivity contribution >= 4 is 21.2 Å². The van der Waals surface area contributed by atoms with E-state index in [1.54, 1.807) is 12.1 Å². The molecule has 3 rings (SSSR count). The Morgan fingerprint density at radius 1 is 1.25 bits per heavy atom. The number of benzene rings is 1. The van der Waals surface area contributed by atoms with E-state index in [1.807, 2.05) is 4.90 Å². The van der Waals surface area contributed by atoms with Gasteiger partial charge in [0.15, 0.2) is 9.84 Å². The van der Waals surface area contributed by atoms with Gasteiger partial charge in [0.2, 0.25) is 0 Å². The maximum Gasteiger partial charge on any atom is 0.311 e. The second kappa shape index (κ2) is 6.68. The Balaban J connectivity index is 1.84. The Bertz CT molecular complexity index is 721. The predicted molar refractivity (Wildman–Crippen MR) is 92.2 cm³/mol. The molecule has 8 heteroatoms. The first-order chi connectivity index (χ1) is 11.4. The molecule has 2 saturated heterocycles. The Morgan fingerprint density at radius 2 is 1.96 bits per heavy atom. The number of sulfone groups is 1. The van der Waals surface area contributed by atoms with Crippen LogP contribution in [0.4, 0.5) is 11.4 Å². The highest BCUT2D eigenvalue weighted by atomic mass is 32.2. The van der Waals surface area contributed by atoms with Crippen molar-refractivity contribution in [2.75, 3.05) is 30.8 Å². The topological polar surface area (TPSA) is 92.6 Å². The molecular formula is C16H23N3O4S. The third-order valence-electron chi connectivity index (χ3n) is 5.11. The molecular weight excluding hydrogens is 330 g/mol. The third-order valence-corrected chi connectivity index (χ3v) is 6.24. The average Bonchev–Trinajstić information content (AvgIpc) is 3.08. The predicted octanol–water partition coefficient (Wildman–Crippen LogP) is 1.97. The largest absolute Gasteiger partial charge is 0.366 e. The number of nitrogens with one attached hydrogen (secondary N) is 1. The zero-order valence-electron chi connectivity index (χ0n) is 13.8. The van der Waals surface area contributed by atoms with Crippen LogP contribution in [0.5, 0.6) is 0 Å². The molecule has 0 radical (unpaired) electrons. The third kappa shape index (κ3) is 3.39. The maximum absolute atomic E-state index is 11.9. The van der Waals surface area contributed by atoms with Gasteiger partial charge in [0.1, 0.15) is 10.6 Å². The monoisotopic (exact) mass is 353 g/mol. The quantitative estimate of drug-likeness (QED) is 0.657. The number of hydrogen-bond donors (Lipinski definition) is 1. The van der Waals surface area contributed by atoms with Crippen molar-refractivity contribution in [2.45, 2.75) is 36.6 Å². The normalized spacial score (nSPS) is 22.7. The van der Waals surface area contributed by atoms with Gasteiger partial charge in [0, 0.05) is 25.4 Å². The van der Waals surface area contributed by atoms with E-state index in [0.29, 0.717) is 17.6 Å². The number of para-hydroxylation sites is 1. The lowest BCUT2D eigenvalue weighted by molar-refractivity contribution is -0.387. The van der Waals surface area contributed by atoms with E-state index in [0.717, 1.165) is 38.7 Å². The summed E-state index contributed by atoms with van der Waals surface area (Å²) in [6, 6.07) is 5.11. The van der Waals surface area contributed by atoms with E-state index in [2.05, 4.69) is 5.32 Å². The van der Waals surface area contributed by atoms with Gasteiger partial charge in [-0.05, 0) is 50.3 Å². The van der Waals surface area contributed by atoms with Crippen LogP contribution in [0.15, 0.2) is 23.1 Å². The SMILES string of the molecule is CS(=O)(=O)c1cccc(N2CCC(C3CCCN3)CC2)c1[N+](=O)[O-]. The molecule has 0 amide bonds. The fourth-order valence-electron chi connectivity index (χ4n) is 3.91. The summed E-state index contributed by atoms with van der Waals surface area (Å²) >= 11 is 0. The maximum atomic E-state index is 11.9. The van der Waals surface area contributed by atoms with Crippen molar-refractivity contribution in [3.05, 3.63) is 28.3 Å². The number of nitro benzene ring substituents is 1. The van der Waals surface area contributed by atoms with Gasteiger partial charge in [0.05, 0.1) is 4.92 Å². The van der Waals surface area contributed by atoms with E-state index in [-0.39, 0.29) is 10.6 Å². The van der Waals surface area contributed by atoms with E-state index in [1.165, 1.54) is 18.9 Å². The van der Waals surface area contributed by atoms with Crippen molar-refractivity contribution in [2.24, 2.45) is 5.92 Å². The highest BCUT2D eigenvalue weighted by molar-refractivity contribution is 7.90. The van der Waals surface area contributed by atoms with Crippen LogP contribution < -0.4 is 10.2 Å². The second-order valence-electron chi connectivity index (χ2n) is 6.68. The molecule has 2 aliphatic rings. The first kappa shape index (κ1) is 17.2. The molecule has 1 aromatic carbocycles. The molecule has 1 N–H and O–H groups in total. The summed E-state index contributed by atoms with van der Waals surface area (Å²) in [7, 11) is -3.64. The second-order valence-corrected chi connectivity index (χ2v) is 8.66. The lowest BCUT2D eigenvalue weighted by atomic mass is 9.88. The molecule has 7 nitrogen and oxygen atoms in total. The van der Waals surface area contributed by atoms with Crippen LogP contribution in [-0.4, -0.2) is 45.3 Å². The average molecular weight is 353 g/mol. The fourth-order valence-corrected chi connectivity index (χ4v) is 4.76. The van der Waals surface area contributed by atoms with Crippen LogP contribution in [0.2, 0.25) is 0 Å². The molecule has 0 bridgehead atoms. The van der Waals surface area contributed by atoms with Crippen LogP contribution in [0.1, 0.15) is 25.7 Å². The minimum atomic E-state index is -3.64. The number of piperidine rings is 1. The Labute approximate surface area is 142 Å². The van der Waals surface area contributed by atoms with Gasteiger partial charge in [-0.2, -0.15) is 0 Å². The first-order valence-electron chi connectivity index (χ1n) is 8.33. The lowest BCUT2D eigenvalue weighted by Gasteiger charge is -2.36. The van der Waals surface area contributed by atoms with Crippen LogP contribution in [-0.2, 0) is 9.84 Å². The molecule has 2 aliphatic heterocycles. The van der Waals surface area contributed by atoms with Crippen molar-refractivity contribution in [3.63, 3.8) is 0 Å². The Kier molecular flexibility index (Phi) is 4.78. The van der Waals surface area contributed by atoms with Gasteiger partial charge in [-0.25, -0.2) is 8.42 Å². The number of anilines is 1. The summed E-state index contributed by atoms with van der Waals surface area (Å²) in [4.78, 5) is 12.7. The molecule has 24 heavy (non-hydrogen) atoms. The number of nitro groups is 1. The Hall–Kier alpha value is -1.67. The molecule has 2 fully saturated rings. The van der Waals surface area contributed by atoms with Crippen LogP contribution in [0.25, 0.3) is 0 Å². The van der Waals surface area contributed by atoms with E-state index in [4.69, 9.17) is 0 Å². The van der Waals surface area contributed by atoms with Gasteiger partial charge < -0.3 is 10.2 Å². The van der Waals surface area contributed by atoms with Crippen molar-refractivity contribution in [1.82, 2.24) is 5.32 Å². The molecule has 0 spiro atoms. The number of nitrogens with zero attached hydrogens (tertiary/aromatic N) is 2. The van der Waals surface area contributed by atoms with Gasteiger partial charge in [0.25, 0.3) is 0 Å². The van der Waals surface area contributed by atoms with E-state index >= 15 is 0 Å². The molecule has 0 aromatic heterocycles. The van der Waals surface area contributed by atoms with Crippen LogP contribution in [0, 0.1) is 16.0 Å². The highest BCUT2D eigenvalue weighted by Crippen LogP contribution is 2.37. The summed E-state index contributed by atoms with van der Waals surface area (Å²) in [5, 5.41) is 15.0. The van der Waals surface area contributed by atoms with Crippen molar-refractivity contribution in [1.29, 1.82) is 0 Å². The molecule has 1 atom stereocenters. The summed E-state index contributed by atoms with van der Waals surface area (Å²) in [6.45, 7) is 2.51. The Morgan fingerprint density at radius 3 is 2.50 bits per heavy atom. The van der Waals surface area contributed by atoms with Gasteiger partial charge in [-0.1, -0.05) is 6.07 Å². The van der Waals surface area contributed by atoms with Crippen LogP contribution in [0.3, 0.4) is 0 Å². The first-order valence-corrected chi connectivity index (χ1v) is 10.2. The summed E-state index contributed by atoms with van der Waals surface area (Å²) in [6.07, 6.45) is 5.37. The minimum absolute atomic E-state index is 0.204. The minimum Gasteiger partial charge on any atom is -0.366 e. The number of rotatable bonds is 4. The van der Waals surface area contributed by atoms with Crippen LogP contribution >= 0.6 is 0 Å². The van der Waals surface area contributed by atoms with Crippen molar-refractivity contribution < 1.29 is 13.3 Å². The summed E-state index contributed by atoms with van der Waals surface area (Å²) in [5.41, 5.74) is 0.123. The molecule has 132 valence electrons. The fraction of sp³-hybridized carbons (Fsp3) is 0.625. The molecule has 1 aromatic rings. The molecule has 0 saturated carbocycles. The number of hydrogen-bond acceptors (Lipinski definition) is 6. The van der Waals surface area contributed by atoms with Crippen molar-refractivity contribution in [3.8, 4) is 0 Å². The highest BCUT2D eigenvalue weighted by Gasteiger charge is 2.33. The summed E-state index contributed by atoms with van der Waals surface area (Å²) in [5.74, 6) is 0.598. The van der Waals surface area contributed by atoms with E-state index < -0.39 is 14.8 Å². The van der Waals surface area contributed by atoms with E-state index in [9.17, 15) is 18.5 Å². The smallest absolute Gasteiger partial charge is 0.311 e. The van der Waals surface area contributed by atoms with Gasteiger partial charge in [-0.15, -0.1) is 0 Å². The summed E-state index contributed by atoms with van der Waals surface area (Å²) < 4.78 is 23.8. The zero-order chi connectivity index (χ0) is 17.3. The molecule has 2 heterocycles. The van der Waals surface area contributed by atoms with Gasteiger partial charge in [-0.3, -0.25) is 10.1 Å².